The van der Waals surface area contributed by atoms with Gasteiger partial charge < -0.3 is 9.64 Å². The first kappa shape index (κ1) is 17.1. The molecule has 0 bridgehead atoms. The Morgan fingerprint density at radius 2 is 2.31 bits per heavy atom. The molecule has 0 aromatic carbocycles. The fourth-order valence-corrected chi connectivity index (χ4v) is 4.48. The highest BCUT2D eigenvalue weighted by Crippen LogP contribution is 2.37. The lowest BCUT2D eigenvalue weighted by Crippen LogP contribution is -2.38. The van der Waals surface area contributed by atoms with E-state index in [2.05, 4.69) is 20.1 Å². The predicted molar refractivity (Wildman–Crippen MR) is 100 cm³/mol. The van der Waals surface area contributed by atoms with Gasteiger partial charge in [0.1, 0.15) is 9.71 Å². The van der Waals surface area contributed by atoms with Gasteiger partial charge in [0.05, 0.1) is 12.7 Å². The minimum atomic E-state index is -0.150. The van der Waals surface area contributed by atoms with Crippen LogP contribution in [0.1, 0.15) is 27.0 Å². The van der Waals surface area contributed by atoms with Crippen molar-refractivity contribution >= 4 is 27.5 Å². The van der Waals surface area contributed by atoms with E-state index in [9.17, 15) is 4.79 Å². The second kappa shape index (κ2) is 7.14. The number of rotatable bonds is 4. The molecule has 8 heteroatoms. The summed E-state index contributed by atoms with van der Waals surface area (Å²) >= 11 is 1.44. The molecule has 26 heavy (non-hydrogen) atoms. The number of fused-ring (bicyclic) bond motifs is 1. The molecule has 3 aromatic heterocycles. The van der Waals surface area contributed by atoms with Crippen molar-refractivity contribution in [3.8, 4) is 0 Å². The number of hydrogen-bond acceptors (Lipinski definition) is 6. The number of nitrogens with zero attached hydrogens (tertiary/aromatic N) is 4. The minimum Gasteiger partial charge on any atom is -0.371 e. The Kier molecular flexibility index (Phi) is 4.71. The van der Waals surface area contributed by atoms with Crippen molar-refractivity contribution in [2.75, 3.05) is 33.8 Å². The largest absolute Gasteiger partial charge is 0.371 e. The van der Waals surface area contributed by atoms with Crippen LogP contribution in [-0.2, 0) is 11.3 Å². The van der Waals surface area contributed by atoms with Crippen LogP contribution in [0.15, 0.2) is 30.6 Å². The van der Waals surface area contributed by atoms with Gasteiger partial charge in [0.15, 0.2) is 0 Å². The zero-order valence-electron chi connectivity index (χ0n) is 14.8. The quantitative estimate of drug-likeness (QED) is 0.762. The van der Waals surface area contributed by atoms with E-state index in [-0.39, 0.29) is 12.0 Å². The first-order chi connectivity index (χ1) is 12.6. The number of carbonyl (C=O) groups is 1. The van der Waals surface area contributed by atoms with Gasteiger partial charge in [-0.2, -0.15) is 5.10 Å². The molecule has 1 aliphatic heterocycles. The van der Waals surface area contributed by atoms with E-state index in [0.29, 0.717) is 6.61 Å². The van der Waals surface area contributed by atoms with Crippen LogP contribution in [0.25, 0.3) is 10.2 Å². The number of morpholine rings is 1. The highest BCUT2D eigenvalue weighted by Gasteiger charge is 2.30. The maximum absolute atomic E-state index is 12.7. The van der Waals surface area contributed by atoms with Gasteiger partial charge in [-0.3, -0.25) is 14.8 Å². The molecule has 1 fully saturated rings. The van der Waals surface area contributed by atoms with Gasteiger partial charge in [0.25, 0.3) is 5.91 Å². The summed E-state index contributed by atoms with van der Waals surface area (Å²) in [6.45, 7) is 3.00. The standard InChI is InChI=1S/C18H21N5O2S/c1-22(2)18(24)16-15(13-4-3-6-19-17(13)26-16)14-11-23(8-9-25-14)10-12-5-7-20-21-12/h3-7,14H,8-11H2,1-2H3,(H,20,21)/t14-/m0/s1. The molecule has 1 atom stereocenters. The van der Waals surface area contributed by atoms with Gasteiger partial charge in [-0.25, -0.2) is 4.98 Å². The normalized spacial score (nSPS) is 18.3. The summed E-state index contributed by atoms with van der Waals surface area (Å²) in [5.74, 6) is -0.00251. The number of hydrogen-bond donors (Lipinski definition) is 1. The van der Waals surface area contributed by atoms with E-state index in [1.54, 1.807) is 31.4 Å². The van der Waals surface area contributed by atoms with Crippen LogP contribution in [-0.4, -0.2) is 64.7 Å². The van der Waals surface area contributed by atoms with E-state index in [4.69, 9.17) is 4.74 Å². The van der Waals surface area contributed by atoms with E-state index in [1.807, 2.05) is 18.2 Å². The molecule has 4 heterocycles. The minimum absolute atomic E-state index is 0.00251. The average Bonchev–Trinajstić information content (AvgIpc) is 3.28. The molecular weight excluding hydrogens is 350 g/mol. The van der Waals surface area contributed by atoms with Crippen LogP contribution < -0.4 is 0 Å². The fourth-order valence-electron chi connectivity index (χ4n) is 3.27. The van der Waals surface area contributed by atoms with Crippen molar-refractivity contribution in [1.29, 1.82) is 0 Å². The van der Waals surface area contributed by atoms with Crippen LogP contribution in [0, 0.1) is 0 Å². The summed E-state index contributed by atoms with van der Waals surface area (Å²) in [6, 6.07) is 5.92. The Hall–Kier alpha value is -2.29. The average molecular weight is 371 g/mol. The highest BCUT2D eigenvalue weighted by molar-refractivity contribution is 7.20. The van der Waals surface area contributed by atoms with E-state index in [0.717, 1.165) is 46.0 Å². The molecule has 136 valence electrons. The van der Waals surface area contributed by atoms with Gasteiger partial charge in [-0.15, -0.1) is 11.3 Å². The summed E-state index contributed by atoms with van der Waals surface area (Å²) in [7, 11) is 3.55. The Morgan fingerprint density at radius 3 is 3.08 bits per heavy atom. The number of pyridine rings is 1. The molecule has 3 aromatic rings. The molecule has 1 amide bonds. The molecule has 7 nitrogen and oxygen atoms in total. The van der Waals surface area contributed by atoms with Crippen molar-refractivity contribution in [2.24, 2.45) is 0 Å². The Labute approximate surface area is 155 Å². The Morgan fingerprint density at radius 1 is 1.42 bits per heavy atom. The maximum Gasteiger partial charge on any atom is 0.263 e. The lowest BCUT2D eigenvalue weighted by atomic mass is 10.0. The molecule has 0 aliphatic carbocycles. The summed E-state index contributed by atoms with van der Waals surface area (Å²) in [5.41, 5.74) is 2.04. The molecule has 1 saturated heterocycles. The van der Waals surface area contributed by atoms with Crippen LogP contribution >= 0.6 is 11.3 Å². The Balaban J connectivity index is 1.68. The van der Waals surface area contributed by atoms with Crippen LogP contribution in [0.5, 0.6) is 0 Å². The summed E-state index contributed by atoms with van der Waals surface area (Å²) in [4.78, 5) is 22.7. The number of H-pyrrole nitrogens is 1. The number of thiophene rings is 1. The summed E-state index contributed by atoms with van der Waals surface area (Å²) in [5, 5.41) is 8.03. The molecule has 1 N–H and O–H groups in total. The van der Waals surface area contributed by atoms with Crippen LogP contribution in [0.4, 0.5) is 0 Å². The lowest BCUT2D eigenvalue weighted by Gasteiger charge is -2.33. The first-order valence-electron chi connectivity index (χ1n) is 8.54. The second-order valence-electron chi connectivity index (χ2n) is 6.58. The summed E-state index contributed by atoms with van der Waals surface area (Å²) < 4.78 is 6.09. The summed E-state index contributed by atoms with van der Waals surface area (Å²) in [6.07, 6.45) is 3.38. The van der Waals surface area contributed by atoms with Gasteiger partial charge in [-0.1, -0.05) is 6.07 Å². The molecule has 0 saturated carbocycles. The van der Waals surface area contributed by atoms with E-state index >= 15 is 0 Å². The number of nitrogens with one attached hydrogen (secondary N) is 1. The molecule has 0 radical (unpaired) electrons. The maximum atomic E-state index is 12.7. The van der Waals surface area contributed by atoms with Gasteiger partial charge in [0.2, 0.25) is 0 Å². The lowest BCUT2D eigenvalue weighted by molar-refractivity contribution is -0.0327. The third-order valence-electron chi connectivity index (χ3n) is 4.53. The Bertz CT molecular complexity index is 906. The fraction of sp³-hybridized carbons (Fsp3) is 0.389. The van der Waals surface area contributed by atoms with Gasteiger partial charge in [0, 0.05) is 62.8 Å². The topological polar surface area (TPSA) is 74.4 Å². The number of aromatic nitrogens is 3. The third kappa shape index (κ3) is 3.23. The molecule has 0 spiro atoms. The number of aromatic amines is 1. The number of carbonyl (C=O) groups excluding carboxylic acids is 1. The monoisotopic (exact) mass is 371 g/mol. The number of ether oxygens (including phenoxy) is 1. The van der Waals surface area contributed by atoms with E-state index in [1.165, 1.54) is 11.3 Å². The van der Waals surface area contributed by atoms with Crippen molar-refractivity contribution in [1.82, 2.24) is 25.0 Å². The first-order valence-corrected chi connectivity index (χ1v) is 9.36. The molecule has 1 aliphatic rings. The SMILES string of the molecule is CN(C)C(=O)c1sc2ncccc2c1[C@@H]1CN(Cc2ccn[nH]2)CCO1. The second-order valence-corrected chi connectivity index (χ2v) is 7.58. The van der Waals surface area contributed by atoms with Gasteiger partial charge >= 0.3 is 0 Å². The van der Waals surface area contributed by atoms with E-state index < -0.39 is 0 Å². The highest BCUT2D eigenvalue weighted by atomic mass is 32.1. The number of amides is 1. The van der Waals surface area contributed by atoms with Gasteiger partial charge in [-0.05, 0) is 12.1 Å². The van der Waals surface area contributed by atoms with Crippen molar-refractivity contribution in [3.63, 3.8) is 0 Å². The smallest absolute Gasteiger partial charge is 0.263 e. The predicted octanol–water partition coefficient (Wildman–Crippen LogP) is 2.29. The van der Waals surface area contributed by atoms with Crippen molar-refractivity contribution < 1.29 is 9.53 Å². The molecule has 4 rings (SSSR count). The van der Waals surface area contributed by atoms with Crippen molar-refractivity contribution in [3.05, 3.63) is 46.7 Å². The van der Waals surface area contributed by atoms with Crippen LogP contribution in [0.2, 0.25) is 0 Å². The zero-order chi connectivity index (χ0) is 18.1. The van der Waals surface area contributed by atoms with Crippen LogP contribution in [0.3, 0.4) is 0 Å². The van der Waals surface area contributed by atoms with Crippen molar-refractivity contribution in [2.45, 2.75) is 12.6 Å². The molecular formula is C18H21N5O2S. The third-order valence-corrected chi connectivity index (χ3v) is 5.65. The zero-order valence-corrected chi connectivity index (χ0v) is 15.6. The molecule has 0 unspecified atom stereocenters.